The van der Waals surface area contributed by atoms with Crippen molar-refractivity contribution in [3.8, 4) is 11.5 Å². The van der Waals surface area contributed by atoms with Gasteiger partial charge in [0.1, 0.15) is 10.6 Å². The van der Waals surface area contributed by atoms with Gasteiger partial charge < -0.3 is 10.1 Å². The lowest BCUT2D eigenvalue weighted by Gasteiger charge is -2.13. The van der Waals surface area contributed by atoms with Crippen molar-refractivity contribution in [3.63, 3.8) is 0 Å². The number of carbonyl (C=O) groups excluding carboxylic acids is 1. The number of rotatable bonds is 6. The van der Waals surface area contributed by atoms with Gasteiger partial charge >= 0.3 is 0 Å². The average Bonchev–Trinajstić information content (AvgIpc) is 3.20. The third-order valence-electron chi connectivity index (χ3n) is 4.25. The summed E-state index contributed by atoms with van der Waals surface area (Å²) >= 11 is 7.56. The number of benzene rings is 2. The SMILES string of the molecule is O=C(CCn1cnc2sccc2c1=O)Nc1ccccc1Oc1ccccc1Cl. The maximum atomic E-state index is 12.5. The molecule has 0 aliphatic carbocycles. The van der Waals surface area contributed by atoms with E-state index in [2.05, 4.69) is 10.3 Å². The number of halogens is 1. The molecule has 0 aliphatic heterocycles. The molecule has 1 amide bonds. The molecule has 0 aliphatic rings. The van der Waals surface area contributed by atoms with Crippen molar-refractivity contribution >= 4 is 44.7 Å². The normalized spacial score (nSPS) is 10.8. The summed E-state index contributed by atoms with van der Waals surface area (Å²) in [4.78, 5) is 29.8. The van der Waals surface area contributed by atoms with Crippen LogP contribution in [0.4, 0.5) is 5.69 Å². The Morgan fingerprint density at radius 3 is 2.69 bits per heavy atom. The van der Waals surface area contributed by atoms with Crippen molar-refractivity contribution in [2.45, 2.75) is 13.0 Å². The predicted molar refractivity (Wildman–Crippen MR) is 115 cm³/mol. The molecule has 2 aromatic heterocycles. The minimum Gasteiger partial charge on any atom is -0.454 e. The molecular formula is C21H16ClN3O3S. The molecule has 0 bridgehead atoms. The van der Waals surface area contributed by atoms with Crippen molar-refractivity contribution in [1.29, 1.82) is 0 Å². The molecule has 0 radical (unpaired) electrons. The van der Waals surface area contributed by atoms with Gasteiger partial charge in [0.15, 0.2) is 5.75 Å². The standard InChI is InChI=1S/C21H16ClN3O3S/c22-15-5-1-3-7-17(15)28-18-8-4-2-6-16(18)24-19(26)9-11-25-13-23-20-14(21(25)27)10-12-29-20/h1-8,10,12-13H,9,11H2,(H,24,26). The number of hydrogen-bond donors (Lipinski definition) is 1. The first kappa shape index (κ1) is 19.2. The van der Waals surface area contributed by atoms with Crippen molar-refractivity contribution in [1.82, 2.24) is 9.55 Å². The Hall–Kier alpha value is -3.16. The van der Waals surface area contributed by atoms with Gasteiger partial charge in [-0.15, -0.1) is 11.3 Å². The van der Waals surface area contributed by atoms with Crippen LogP contribution in [-0.4, -0.2) is 15.5 Å². The molecule has 2 heterocycles. The molecule has 0 atom stereocenters. The molecule has 4 aromatic rings. The molecule has 2 aromatic carbocycles. The van der Waals surface area contributed by atoms with Gasteiger partial charge in [-0.2, -0.15) is 0 Å². The highest BCUT2D eigenvalue weighted by Crippen LogP contribution is 2.33. The first-order valence-corrected chi connectivity index (χ1v) is 10.1. The number of nitrogens with zero attached hydrogens (tertiary/aromatic N) is 2. The van der Waals surface area contributed by atoms with Crippen LogP contribution < -0.4 is 15.6 Å². The van der Waals surface area contributed by atoms with Gasteiger partial charge in [0.05, 0.1) is 22.4 Å². The number of aryl methyl sites for hydroxylation is 1. The minimum atomic E-state index is -0.238. The Balaban J connectivity index is 1.45. The van der Waals surface area contributed by atoms with E-state index in [1.165, 1.54) is 22.2 Å². The van der Waals surface area contributed by atoms with Gasteiger partial charge in [0.25, 0.3) is 5.56 Å². The topological polar surface area (TPSA) is 73.2 Å². The van der Waals surface area contributed by atoms with Crippen LogP contribution in [-0.2, 0) is 11.3 Å². The Morgan fingerprint density at radius 2 is 1.86 bits per heavy atom. The number of ether oxygens (including phenoxy) is 1. The van der Waals surface area contributed by atoms with Gasteiger partial charge in [-0.05, 0) is 35.7 Å². The number of amides is 1. The van der Waals surface area contributed by atoms with Gasteiger partial charge in [0, 0.05) is 13.0 Å². The van der Waals surface area contributed by atoms with Crippen molar-refractivity contribution in [2.75, 3.05) is 5.32 Å². The largest absolute Gasteiger partial charge is 0.454 e. The van der Waals surface area contributed by atoms with E-state index in [-0.39, 0.29) is 24.4 Å². The van der Waals surface area contributed by atoms with Crippen LogP contribution in [0, 0.1) is 0 Å². The van der Waals surface area contributed by atoms with Crippen LogP contribution >= 0.6 is 22.9 Å². The first-order chi connectivity index (χ1) is 14.1. The molecule has 1 N–H and O–H groups in total. The number of fused-ring (bicyclic) bond motifs is 1. The fourth-order valence-electron chi connectivity index (χ4n) is 2.79. The van der Waals surface area contributed by atoms with E-state index in [9.17, 15) is 9.59 Å². The number of carbonyl (C=O) groups is 1. The first-order valence-electron chi connectivity index (χ1n) is 8.86. The van der Waals surface area contributed by atoms with Gasteiger partial charge in [0.2, 0.25) is 5.91 Å². The number of hydrogen-bond acceptors (Lipinski definition) is 5. The Kier molecular flexibility index (Phi) is 5.59. The zero-order valence-corrected chi connectivity index (χ0v) is 16.7. The Bertz CT molecular complexity index is 1240. The molecule has 0 spiro atoms. The summed E-state index contributed by atoms with van der Waals surface area (Å²) in [6, 6.07) is 16.0. The average molecular weight is 426 g/mol. The highest BCUT2D eigenvalue weighted by atomic mass is 35.5. The van der Waals surface area contributed by atoms with E-state index in [0.717, 1.165) is 0 Å². The van der Waals surface area contributed by atoms with Gasteiger partial charge in [-0.25, -0.2) is 4.98 Å². The van der Waals surface area contributed by atoms with E-state index in [1.54, 1.807) is 36.4 Å². The van der Waals surface area contributed by atoms with Crippen LogP contribution in [0.15, 0.2) is 71.1 Å². The van der Waals surface area contributed by atoms with Gasteiger partial charge in [-0.1, -0.05) is 35.9 Å². The smallest absolute Gasteiger partial charge is 0.262 e. The summed E-state index contributed by atoms with van der Waals surface area (Å²) in [6.45, 7) is 0.233. The molecule has 146 valence electrons. The third kappa shape index (κ3) is 4.31. The quantitative estimate of drug-likeness (QED) is 0.475. The number of thiophene rings is 1. The lowest BCUT2D eigenvalue weighted by atomic mass is 10.2. The predicted octanol–water partition coefficient (Wildman–Crippen LogP) is 4.93. The second-order valence-electron chi connectivity index (χ2n) is 6.21. The van der Waals surface area contributed by atoms with Crippen molar-refractivity contribution < 1.29 is 9.53 Å². The second kappa shape index (κ2) is 8.46. The van der Waals surface area contributed by atoms with E-state index in [0.29, 0.717) is 32.4 Å². The molecule has 4 rings (SSSR count). The summed E-state index contributed by atoms with van der Waals surface area (Å²) in [5.41, 5.74) is 0.377. The molecule has 0 unspecified atom stereocenters. The Morgan fingerprint density at radius 1 is 1.10 bits per heavy atom. The van der Waals surface area contributed by atoms with Crippen LogP contribution in [0.1, 0.15) is 6.42 Å². The molecular weight excluding hydrogens is 410 g/mol. The lowest BCUT2D eigenvalue weighted by Crippen LogP contribution is -2.23. The maximum absolute atomic E-state index is 12.5. The van der Waals surface area contributed by atoms with E-state index >= 15 is 0 Å². The summed E-state index contributed by atoms with van der Waals surface area (Å²) < 4.78 is 7.30. The van der Waals surface area contributed by atoms with Gasteiger partial charge in [-0.3, -0.25) is 14.2 Å². The summed E-state index contributed by atoms with van der Waals surface area (Å²) in [5, 5.41) is 5.70. The minimum absolute atomic E-state index is 0.123. The van der Waals surface area contributed by atoms with E-state index in [4.69, 9.17) is 16.3 Å². The van der Waals surface area contributed by atoms with Crippen molar-refractivity contribution in [3.05, 3.63) is 81.7 Å². The number of anilines is 1. The Labute approximate surface area is 175 Å². The molecule has 0 saturated carbocycles. The second-order valence-corrected chi connectivity index (χ2v) is 7.51. The lowest BCUT2D eigenvalue weighted by molar-refractivity contribution is -0.116. The zero-order chi connectivity index (χ0) is 20.2. The van der Waals surface area contributed by atoms with Crippen molar-refractivity contribution in [2.24, 2.45) is 0 Å². The van der Waals surface area contributed by atoms with Crippen LogP contribution in [0.5, 0.6) is 11.5 Å². The molecule has 0 saturated heterocycles. The third-order valence-corrected chi connectivity index (χ3v) is 5.38. The van der Waals surface area contributed by atoms with E-state index in [1.807, 2.05) is 23.6 Å². The van der Waals surface area contributed by atoms with Crippen LogP contribution in [0.2, 0.25) is 5.02 Å². The summed E-state index contributed by atoms with van der Waals surface area (Å²) in [5.74, 6) is 0.738. The number of aromatic nitrogens is 2. The molecule has 8 heteroatoms. The summed E-state index contributed by atoms with van der Waals surface area (Å²) in [6.07, 6.45) is 1.60. The highest BCUT2D eigenvalue weighted by molar-refractivity contribution is 7.16. The molecule has 29 heavy (non-hydrogen) atoms. The van der Waals surface area contributed by atoms with Crippen LogP contribution in [0.3, 0.4) is 0 Å². The fourth-order valence-corrected chi connectivity index (χ4v) is 3.69. The van der Waals surface area contributed by atoms with Crippen LogP contribution in [0.25, 0.3) is 10.2 Å². The number of para-hydroxylation sites is 3. The fraction of sp³-hybridized carbons (Fsp3) is 0.0952. The number of nitrogens with one attached hydrogen (secondary N) is 1. The highest BCUT2D eigenvalue weighted by Gasteiger charge is 2.11. The maximum Gasteiger partial charge on any atom is 0.262 e. The molecule has 6 nitrogen and oxygen atoms in total. The summed E-state index contributed by atoms with van der Waals surface area (Å²) in [7, 11) is 0. The van der Waals surface area contributed by atoms with E-state index < -0.39 is 0 Å². The monoisotopic (exact) mass is 425 g/mol. The molecule has 0 fully saturated rings. The zero-order valence-electron chi connectivity index (χ0n) is 15.2.